The van der Waals surface area contributed by atoms with Crippen LogP contribution in [-0.4, -0.2) is 23.2 Å². The number of benzene rings is 1. The van der Waals surface area contributed by atoms with Gasteiger partial charge in [-0.3, -0.25) is 4.79 Å². The van der Waals surface area contributed by atoms with Crippen molar-refractivity contribution in [3.05, 3.63) is 29.3 Å². The van der Waals surface area contributed by atoms with Crippen LogP contribution in [0, 0.1) is 0 Å². The quantitative estimate of drug-likeness (QED) is 0.825. The minimum absolute atomic E-state index is 0.133. The second-order valence-electron chi connectivity index (χ2n) is 3.52. The highest BCUT2D eigenvalue weighted by Gasteiger charge is 2.39. The zero-order valence-corrected chi connectivity index (χ0v) is 9.26. The zero-order valence-electron chi connectivity index (χ0n) is 9.26. The van der Waals surface area contributed by atoms with E-state index in [1.165, 1.54) is 5.32 Å². The number of carbonyl (C=O) groups is 2. The second-order valence-corrected chi connectivity index (χ2v) is 3.52. The molecule has 0 radical (unpaired) electrons. The third-order valence-electron chi connectivity index (χ3n) is 2.08. The Balaban J connectivity index is 3.22. The standard InChI is InChI=1S/C10H5F6NO3/c11-9(12,13)4-1-2-6(5(3-4)7(18)19)17-8(20)10(14,15)16/h1-3H,(H,17,20)(H,18,19). The number of aromatic carboxylic acids is 1. The molecule has 4 nitrogen and oxygen atoms in total. The van der Waals surface area contributed by atoms with E-state index in [1.54, 1.807) is 0 Å². The lowest BCUT2D eigenvalue weighted by molar-refractivity contribution is -0.167. The average Bonchev–Trinajstić information content (AvgIpc) is 2.26. The van der Waals surface area contributed by atoms with Crippen LogP contribution in [0.25, 0.3) is 0 Å². The molecule has 0 aliphatic rings. The fraction of sp³-hybridized carbons (Fsp3) is 0.200. The Hall–Kier alpha value is -2.26. The highest BCUT2D eigenvalue weighted by Crippen LogP contribution is 2.32. The van der Waals surface area contributed by atoms with Gasteiger partial charge in [-0.15, -0.1) is 0 Å². The molecular formula is C10H5F6NO3. The highest BCUT2D eigenvalue weighted by molar-refractivity contribution is 6.02. The number of hydrogen-bond acceptors (Lipinski definition) is 2. The lowest BCUT2D eigenvalue weighted by Gasteiger charge is -2.13. The van der Waals surface area contributed by atoms with Crippen molar-refractivity contribution in [1.82, 2.24) is 0 Å². The van der Waals surface area contributed by atoms with Crippen LogP contribution < -0.4 is 5.32 Å². The summed E-state index contributed by atoms with van der Waals surface area (Å²) < 4.78 is 73.1. The molecule has 2 N–H and O–H groups in total. The molecule has 1 aromatic carbocycles. The number of alkyl halides is 6. The number of carboxylic acid groups (broad SMARTS) is 1. The fourth-order valence-corrected chi connectivity index (χ4v) is 1.20. The van der Waals surface area contributed by atoms with Gasteiger partial charge in [0, 0.05) is 0 Å². The Morgan fingerprint density at radius 3 is 2.00 bits per heavy atom. The summed E-state index contributed by atoms with van der Waals surface area (Å²) in [5, 5.41) is 9.87. The first-order valence-electron chi connectivity index (χ1n) is 4.75. The van der Waals surface area contributed by atoms with Crippen LogP contribution in [0.15, 0.2) is 18.2 Å². The molecule has 0 bridgehead atoms. The molecule has 0 saturated carbocycles. The van der Waals surface area contributed by atoms with Crippen molar-refractivity contribution < 1.29 is 41.0 Å². The second kappa shape index (κ2) is 5.02. The summed E-state index contributed by atoms with van der Waals surface area (Å²) in [5.41, 5.74) is -3.34. The Kier molecular flexibility index (Phi) is 3.97. The number of rotatable bonds is 2. The summed E-state index contributed by atoms with van der Waals surface area (Å²) in [6.45, 7) is 0. The van der Waals surface area contributed by atoms with Crippen molar-refractivity contribution in [2.45, 2.75) is 12.4 Å². The summed E-state index contributed by atoms with van der Waals surface area (Å²) in [7, 11) is 0. The van der Waals surface area contributed by atoms with Crippen LogP contribution >= 0.6 is 0 Å². The molecule has 0 spiro atoms. The van der Waals surface area contributed by atoms with Crippen molar-refractivity contribution in [1.29, 1.82) is 0 Å². The molecule has 0 heterocycles. The Morgan fingerprint density at radius 2 is 1.60 bits per heavy atom. The molecule has 1 amide bonds. The van der Waals surface area contributed by atoms with Crippen molar-refractivity contribution >= 4 is 17.6 Å². The lowest BCUT2D eigenvalue weighted by atomic mass is 10.1. The van der Waals surface area contributed by atoms with Crippen LogP contribution in [-0.2, 0) is 11.0 Å². The molecule has 10 heteroatoms. The van der Waals surface area contributed by atoms with Crippen molar-refractivity contribution in [3.8, 4) is 0 Å². The van der Waals surface area contributed by atoms with Gasteiger partial charge in [0.15, 0.2) is 0 Å². The van der Waals surface area contributed by atoms with Crippen LogP contribution in [0.3, 0.4) is 0 Å². The Morgan fingerprint density at radius 1 is 1.05 bits per heavy atom. The normalized spacial score (nSPS) is 12.1. The van der Waals surface area contributed by atoms with E-state index in [1.807, 2.05) is 0 Å². The van der Waals surface area contributed by atoms with E-state index in [-0.39, 0.29) is 6.07 Å². The number of hydrogen-bond donors (Lipinski definition) is 2. The van der Waals surface area contributed by atoms with Crippen LogP contribution in [0.1, 0.15) is 15.9 Å². The topological polar surface area (TPSA) is 66.4 Å². The zero-order chi connectivity index (χ0) is 15.7. The Bertz CT molecular complexity index is 549. The minimum Gasteiger partial charge on any atom is -0.478 e. The number of carboxylic acids is 1. The molecule has 0 aromatic heterocycles. The van der Waals surface area contributed by atoms with Crippen LogP contribution in [0.2, 0.25) is 0 Å². The van der Waals surface area contributed by atoms with Crippen molar-refractivity contribution in [2.24, 2.45) is 0 Å². The average molecular weight is 301 g/mol. The first-order valence-corrected chi connectivity index (χ1v) is 4.75. The summed E-state index contributed by atoms with van der Waals surface area (Å²) in [4.78, 5) is 21.4. The van der Waals surface area contributed by atoms with Crippen LogP contribution in [0.5, 0.6) is 0 Å². The summed E-state index contributed by atoms with van der Waals surface area (Å²) in [6, 6.07) is 0.933. The molecule has 0 aliphatic carbocycles. The maximum absolute atomic E-state index is 12.4. The first-order chi connectivity index (χ1) is 8.93. The monoisotopic (exact) mass is 301 g/mol. The number of halogens is 6. The third-order valence-corrected chi connectivity index (χ3v) is 2.08. The van der Waals surface area contributed by atoms with E-state index < -0.39 is 41.0 Å². The summed E-state index contributed by atoms with van der Waals surface area (Å²) >= 11 is 0. The van der Waals surface area contributed by atoms with Gasteiger partial charge in [-0.1, -0.05) is 0 Å². The molecule has 0 aliphatic heterocycles. The predicted molar refractivity (Wildman–Crippen MR) is 53.1 cm³/mol. The minimum atomic E-state index is -5.29. The van der Waals surface area contributed by atoms with E-state index in [2.05, 4.69) is 0 Å². The maximum atomic E-state index is 12.4. The van der Waals surface area contributed by atoms with Gasteiger partial charge in [0.25, 0.3) is 0 Å². The van der Waals surface area contributed by atoms with E-state index >= 15 is 0 Å². The summed E-state index contributed by atoms with van der Waals surface area (Å²) in [6.07, 6.45) is -10.2. The van der Waals surface area contributed by atoms with Gasteiger partial charge in [0.1, 0.15) is 0 Å². The summed E-state index contributed by atoms with van der Waals surface area (Å²) in [5.74, 6) is -4.40. The van der Waals surface area contributed by atoms with Gasteiger partial charge >= 0.3 is 24.2 Å². The molecule has 20 heavy (non-hydrogen) atoms. The number of nitrogens with one attached hydrogen (secondary N) is 1. The molecule has 1 aromatic rings. The van der Waals surface area contributed by atoms with E-state index in [9.17, 15) is 35.9 Å². The third kappa shape index (κ3) is 3.62. The first kappa shape index (κ1) is 15.8. The van der Waals surface area contributed by atoms with E-state index in [4.69, 9.17) is 5.11 Å². The van der Waals surface area contributed by atoms with Crippen LogP contribution in [0.4, 0.5) is 32.0 Å². The van der Waals surface area contributed by atoms with Gasteiger partial charge in [-0.25, -0.2) is 4.79 Å². The number of carbonyl (C=O) groups excluding carboxylic acids is 1. The molecular weight excluding hydrogens is 296 g/mol. The van der Waals surface area contributed by atoms with Crippen molar-refractivity contribution in [2.75, 3.05) is 5.32 Å². The molecule has 110 valence electrons. The molecule has 0 unspecified atom stereocenters. The Labute approximate surface area is 107 Å². The fourth-order valence-electron chi connectivity index (χ4n) is 1.20. The van der Waals surface area contributed by atoms with Gasteiger partial charge in [0.05, 0.1) is 16.8 Å². The smallest absolute Gasteiger partial charge is 0.471 e. The van der Waals surface area contributed by atoms with E-state index in [0.29, 0.717) is 12.1 Å². The highest BCUT2D eigenvalue weighted by atomic mass is 19.4. The number of anilines is 1. The molecule has 0 saturated heterocycles. The largest absolute Gasteiger partial charge is 0.478 e. The van der Waals surface area contributed by atoms with Gasteiger partial charge in [-0.2, -0.15) is 26.3 Å². The SMILES string of the molecule is O=C(O)c1cc(C(F)(F)F)ccc1NC(=O)C(F)(F)F. The van der Waals surface area contributed by atoms with E-state index in [0.717, 1.165) is 0 Å². The predicted octanol–water partition coefficient (Wildman–Crippen LogP) is 2.90. The molecule has 0 fully saturated rings. The van der Waals surface area contributed by atoms with Gasteiger partial charge < -0.3 is 10.4 Å². The maximum Gasteiger partial charge on any atom is 0.471 e. The molecule has 1 rings (SSSR count). The van der Waals surface area contributed by atoms with Crippen molar-refractivity contribution in [3.63, 3.8) is 0 Å². The van der Waals surface area contributed by atoms with Gasteiger partial charge in [-0.05, 0) is 18.2 Å². The number of amides is 1. The molecule has 0 atom stereocenters. The van der Waals surface area contributed by atoms with Gasteiger partial charge in [0.2, 0.25) is 0 Å². The lowest BCUT2D eigenvalue weighted by Crippen LogP contribution is -2.30.